The Hall–Kier alpha value is -2.30. The van der Waals surface area contributed by atoms with Crippen molar-refractivity contribution in [2.75, 3.05) is 0 Å². The van der Waals surface area contributed by atoms with Gasteiger partial charge in [-0.15, -0.1) is 0 Å². The summed E-state index contributed by atoms with van der Waals surface area (Å²) in [5.41, 5.74) is 0. The number of alkyl halides is 1. The molecule has 2 rings (SSSR count). The quantitative estimate of drug-likeness (QED) is 0.142. The van der Waals surface area contributed by atoms with Crippen LogP contribution in [0, 0.1) is 35.5 Å². The van der Waals surface area contributed by atoms with Crippen LogP contribution in [0.1, 0.15) is 106 Å². The van der Waals surface area contributed by atoms with Crippen molar-refractivity contribution in [1.82, 2.24) is 0 Å². The van der Waals surface area contributed by atoms with Crippen LogP contribution in [-0.2, 0) is 33.5 Å². The number of rotatable bonds is 11. The first kappa shape index (κ1) is 38.7. The van der Waals surface area contributed by atoms with Crippen LogP contribution in [0.4, 0.5) is 0 Å². The van der Waals surface area contributed by atoms with Gasteiger partial charge in [-0.3, -0.25) is 19.2 Å². The zero-order chi connectivity index (χ0) is 31.9. The molecule has 3 N–H and O–H groups in total. The molecule has 0 aliphatic heterocycles. The molecule has 6 atom stereocenters. The van der Waals surface area contributed by atoms with Crippen molar-refractivity contribution < 1.29 is 48.8 Å². The lowest BCUT2D eigenvalue weighted by Crippen LogP contribution is -2.37. The number of carboxylic acids is 3. The molecule has 0 unspecified atom stereocenters. The summed E-state index contributed by atoms with van der Waals surface area (Å²) in [4.78, 5) is 64.2. The number of hydrogen-bond donors (Lipinski definition) is 3. The molecular formula is C30H49BrO10. The lowest BCUT2D eigenvalue weighted by molar-refractivity contribution is -0.163. The molecule has 0 radical (unpaired) electrons. The average molecular weight is 650 g/mol. The van der Waals surface area contributed by atoms with E-state index in [0.29, 0.717) is 11.8 Å². The van der Waals surface area contributed by atoms with Gasteiger partial charge in [0.15, 0.2) is 0 Å². The SMILES string of the molecule is CC(C)[C@H]1CC[C@H](C)C[C@@H]1OC(=O)C(=O)CCC(=O)O.CC(C)[C@H]1CC[C@H](C)C[C@H]1Br.O=C(O)CCC(=O)C(=O)O. The molecule has 0 heterocycles. The smallest absolute Gasteiger partial charge is 0.374 e. The summed E-state index contributed by atoms with van der Waals surface area (Å²) in [5, 5.41) is 24.5. The summed E-state index contributed by atoms with van der Waals surface area (Å²) >= 11 is 3.80. The molecule has 0 aromatic heterocycles. The normalized spacial score (nSPS) is 25.6. The topological polar surface area (TPSA) is 172 Å². The zero-order valence-electron chi connectivity index (χ0n) is 25.3. The third kappa shape index (κ3) is 16.7. The number of ether oxygens (including phenoxy) is 1. The average Bonchev–Trinajstić information content (AvgIpc) is 2.85. The number of ketones is 2. The van der Waals surface area contributed by atoms with E-state index in [1.165, 1.54) is 19.3 Å². The molecule has 0 spiro atoms. The van der Waals surface area contributed by atoms with E-state index in [4.69, 9.17) is 20.1 Å². The Morgan fingerprint density at radius 2 is 1.12 bits per heavy atom. The van der Waals surface area contributed by atoms with Gasteiger partial charge in [0.25, 0.3) is 0 Å². The fraction of sp³-hybridized carbons (Fsp3) is 0.800. The van der Waals surface area contributed by atoms with Crippen LogP contribution in [0.5, 0.6) is 0 Å². The molecular weight excluding hydrogens is 600 g/mol. The highest BCUT2D eigenvalue weighted by atomic mass is 79.9. The first-order valence-corrected chi connectivity index (χ1v) is 15.4. The predicted molar refractivity (Wildman–Crippen MR) is 157 cm³/mol. The van der Waals surface area contributed by atoms with E-state index >= 15 is 0 Å². The van der Waals surface area contributed by atoms with Crippen LogP contribution >= 0.6 is 15.9 Å². The highest BCUT2D eigenvalue weighted by Gasteiger charge is 2.34. The summed E-state index contributed by atoms with van der Waals surface area (Å²) < 4.78 is 5.35. The number of carbonyl (C=O) groups is 6. The molecule has 10 nitrogen and oxygen atoms in total. The van der Waals surface area contributed by atoms with Crippen molar-refractivity contribution in [2.24, 2.45) is 35.5 Å². The summed E-state index contributed by atoms with van der Waals surface area (Å²) in [6, 6.07) is 0. The Morgan fingerprint density at radius 1 is 0.683 bits per heavy atom. The molecule has 0 saturated heterocycles. The van der Waals surface area contributed by atoms with Crippen LogP contribution < -0.4 is 0 Å². The van der Waals surface area contributed by atoms with Gasteiger partial charge in [0.1, 0.15) is 6.10 Å². The van der Waals surface area contributed by atoms with Gasteiger partial charge in [-0.25, -0.2) is 9.59 Å². The fourth-order valence-corrected chi connectivity index (χ4v) is 6.70. The van der Waals surface area contributed by atoms with Crippen molar-refractivity contribution in [2.45, 2.75) is 117 Å². The number of halogens is 1. The minimum Gasteiger partial charge on any atom is -0.481 e. The van der Waals surface area contributed by atoms with E-state index in [-0.39, 0.29) is 24.9 Å². The van der Waals surface area contributed by atoms with Crippen LogP contribution in [0.3, 0.4) is 0 Å². The minimum atomic E-state index is -1.58. The maximum absolute atomic E-state index is 11.7. The van der Waals surface area contributed by atoms with Gasteiger partial charge in [-0.05, 0) is 61.2 Å². The number of carbonyl (C=O) groups excluding carboxylic acids is 3. The summed E-state index contributed by atoms with van der Waals surface area (Å²) in [6.45, 7) is 13.3. The van der Waals surface area contributed by atoms with Gasteiger partial charge >= 0.3 is 23.9 Å². The van der Waals surface area contributed by atoms with Crippen molar-refractivity contribution in [3.63, 3.8) is 0 Å². The van der Waals surface area contributed by atoms with Crippen molar-refractivity contribution in [3.8, 4) is 0 Å². The van der Waals surface area contributed by atoms with Crippen LogP contribution in [0.2, 0.25) is 0 Å². The molecule has 2 saturated carbocycles. The number of esters is 1. The molecule has 2 aliphatic rings. The van der Waals surface area contributed by atoms with Crippen LogP contribution in [0.25, 0.3) is 0 Å². The third-order valence-electron chi connectivity index (χ3n) is 7.76. The van der Waals surface area contributed by atoms with Gasteiger partial charge in [-0.2, -0.15) is 0 Å². The molecule has 41 heavy (non-hydrogen) atoms. The minimum absolute atomic E-state index is 0.222. The van der Waals surface area contributed by atoms with E-state index in [1.54, 1.807) is 0 Å². The predicted octanol–water partition coefficient (Wildman–Crippen LogP) is 5.77. The Balaban J connectivity index is 0.000000644. The summed E-state index contributed by atoms with van der Waals surface area (Å²) in [5.74, 6) is -2.65. The van der Waals surface area contributed by atoms with Crippen molar-refractivity contribution in [1.29, 1.82) is 0 Å². The van der Waals surface area contributed by atoms with E-state index in [9.17, 15) is 28.8 Å². The van der Waals surface area contributed by atoms with Gasteiger partial charge in [0.2, 0.25) is 11.6 Å². The van der Waals surface area contributed by atoms with E-state index in [0.717, 1.165) is 41.8 Å². The maximum Gasteiger partial charge on any atom is 0.374 e. The lowest BCUT2D eigenvalue weighted by Gasteiger charge is -2.36. The molecule has 0 amide bonds. The van der Waals surface area contributed by atoms with E-state index < -0.39 is 48.3 Å². The summed E-state index contributed by atoms with van der Waals surface area (Å²) in [7, 11) is 0. The zero-order valence-corrected chi connectivity index (χ0v) is 26.9. The molecule has 2 aliphatic carbocycles. The van der Waals surface area contributed by atoms with E-state index in [2.05, 4.69) is 57.5 Å². The molecule has 0 aromatic rings. The second kappa shape index (κ2) is 19.8. The Morgan fingerprint density at radius 3 is 1.54 bits per heavy atom. The number of Topliss-reactive ketones (excluding diaryl/α,β-unsaturated/α-hetero) is 2. The number of aliphatic carboxylic acids is 3. The lowest BCUT2D eigenvalue weighted by atomic mass is 9.75. The number of carboxylic acid groups (broad SMARTS) is 3. The fourth-order valence-electron chi connectivity index (χ4n) is 5.19. The van der Waals surface area contributed by atoms with Crippen LogP contribution in [0.15, 0.2) is 0 Å². The highest BCUT2D eigenvalue weighted by molar-refractivity contribution is 9.09. The maximum atomic E-state index is 11.7. The Labute approximate surface area is 252 Å². The number of hydrogen-bond acceptors (Lipinski definition) is 7. The molecule has 0 bridgehead atoms. The Kier molecular flexibility index (Phi) is 18.6. The third-order valence-corrected chi connectivity index (χ3v) is 8.81. The van der Waals surface area contributed by atoms with Gasteiger partial charge < -0.3 is 20.1 Å². The first-order valence-electron chi connectivity index (χ1n) is 14.5. The molecule has 236 valence electrons. The van der Waals surface area contributed by atoms with Crippen molar-refractivity contribution >= 4 is 51.4 Å². The van der Waals surface area contributed by atoms with Gasteiger partial charge in [0.05, 0.1) is 12.8 Å². The van der Waals surface area contributed by atoms with Crippen molar-refractivity contribution in [3.05, 3.63) is 0 Å². The van der Waals surface area contributed by atoms with E-state index in [1.807, 2.05) is 0 Å². The van der Waals surface area contributed by atoms with Crippen LogP contribution in [-0.4, -0.2) is 61.7 Å². The molecule has 2 fully saturated rings. The first-order chi connectivity index (χ1) is 19.0. The second-order valence-electron chi connectivity index (χ2n) is 12.1. The van der Waals surface area contributed by atoms with Gasteiger partial charge in [0, 0.05) is 17.7 Å². The monoisotopic (exact) mass is 648 g/mol. The van der Waals surface area contributed by atoms with Gasteiger partial charge in [-0.1, -0.05) is 70.3 Å². The summed E-state index contributed by atoms with van der Waals surface area (Å²) in [6.07, 6.45) is 5.43. The second-order valence-corrected chi connectivity index (χ2v) is 13.2. The Bertz CT molecular complexity index is 884. The molecule has 11 heteroatoms. The standard InChI is InChI=1S/C15H24O5.C10H19Br.C5H6O5/c1-9(2)11-5-4-10(3)8-13(11)20-15(19)12(16)6-7-14(17)18;1-7(2)9-5-4-8(3)6-10(9)11;6-3(5(9)10)1-2-4(7)8/h9-11,13H,4-8H2,1-3H3,(H,17,18);7-10H,4-6H2,1-3H3;1-2H2,(H,7,8)(H,9,10)/t10-,11+,13-;8-,9+,10+;/m00./s1. The highest BCUT2D eigenvalue weighted by Crippen LogP contribution is 2.37. The molecule has 0 aromatic carbocycles. The largest absolute Gasteiger partial charge is 0.481 e.